The largest absolute Gasteiger partial charge is 0.465 e. The normalized spacial score (nSPS) is 17.0. The molecule has 0 aliphatic carbocycles. The van der Waals surface area contributed by atoms with Crippen molar-refractivity contribution in [2.24, 2.45) is 0 Å². The Morgan fingerprint density at radius 3 is 2.00 bits per heavy atom. The third-order valence-corrected chi connectivity index (χ3v) is 1.98. The molecule has 1 heterocycles. The summed E-state index contributed by atoms with van der Waals surface area (Å²) in [6.07, 6.45) is -1.34. The molecule has 1 aliphatic rings. The number of rotatable bonds is 0. The number of carbonyl (C=O) groups is 2. The van der Waals surface area contributed by atoms with Crippen LogP contribution in [0.2, 0.25) is 0 Å². The molecule has 13 heavy (non-hydrogen) atoms. The number of carboxylic acid groups (broad SMARTS) is 1. The lowest BCUT2D eigenvalue weighted by Gasteiger charge is -2.31. The Bertz CT molecular complexity index is 211. The molecule has 0 radical (unpaired) electrons. The van der Waals surface area contributed by atoms with Crippen LogP contribution in [0.4, 0.5) is 9.59 Å². The Hall–Kier alpha value is -1.46. The van der Waals surface area contributed by atoms with E-state index in [0.717, 1.165) is 0 Å². The van der Waals surface area contributed by atoms with Crippen molar-refractivity contribution in [2.75, 3.05) is 33.3 Å². The van der Waals surface area contributed by atoms with Gasteiger partial charge in [0, 0.05) is 26.2 Å². The summed E-state index contributed by atoms with van der Waals surface area (Å²) in [5, 5.41) is 8.61. The van der Waals surface area contributed by atoms with Crippen molar-refractivity contribution in [1.29, 1.82) is 0 Å². The van der Waals surface area contributed by atoms with E-state index in [1.165, 1.54) is 16.9 Å². The number of nitrogens with zero attached hydrogens (tertiary/aromatic N) is 2. The molecular weight excluding hydrogens is 176 g/mol. The molecule has 1 aliphatic heterocycles. The van der Waals surface area contributed by atoms with Crippen molar-refractivity contribution < 1.29 is 19.4 Å². The zero-order valence-electron chi connectivity index (χ0n) is 7.39. The standard InChI is InChI=1S/C7H12N2O4/c1-13-7(12)9-4-2-8(3-5-9)6(10)11/h2-5H2,1H3,(H,10,11). The van der Waals surface area contributed by atoms with Crippen LogP contribution >= 0.6 is 0 Å². The second-order valence-electron chi connectivity index (χ2n) is 2.73. The molecule has 0 atom stereocenters. The van der Waals surface area contributed by atoms with Crippen LogP contribution in [0.3, 0.4) is 0 Å². The maximum Gasteiger partial charge on any atom is 0.409 e. The van der Waals surface area contributed by atoms with Gasteiger partial charge in [-0.1, -0.05) is 0 Å². The van der Waals surface area contributed by atoms with Gasteiger partial charge < -0.3 is 19.6 Å². The highest BCUT2D eigenvalue weighted by Crippen LogP contribution is 2.02. The van der Waals surface area contributed by atoms with Gasteiger partial charge in [0.15, 0.2) is 0 Å². The molecular formula is C7H12N2O4. The molecule has 0 aromatic carbocycles. The Morgan fingerprint density at radius 1 is 1.15 bits per heavy atom. The number of piperazine rings is 1. The molecule has 74 valence electrons. The van der Waals surface area contributed by atoms with Gasteiger partial charge in [-0.3, -0.25) is 0 Å². The molecule has 1 N–H and O–H groups in total. The third kappa shape index (κ3) is 2.24. The predicted octanol–water partition coefficient (Wildman–Crippen LogP) is 0.0484. The molecule has 0 aromatic rings. The van der Waals surface area contributed by atoms with Crippen molar-refractivity contribution >= 4 is 12.2 Å². The number of carbonyl (C=O) groups excluding carboxylic acids is 1. The van der Waals surface area contributed by atoms with Crippen molar-refractivity contribution in [3.8, 4) is 0 Å². The Morgan fingerprint density at radius 2 is 1.62 bits per heavy atom. The lowest BCUT2D eigenvalue weighted by atomic mass is 10.3. The van der Waals surface area contributed by atoms with E-state index >= 15 is 0 Å². The first kappa shape index (κ1) is 9.63. The number of ether oxygens (including phenoxy) is 1. The van der Waals surface area contributed by atoms with Crippen LogP contribution in [0.1, 0.15) is 0 Å². The molecule has 2 amide bonds. The minimum absolute atomic E-state index is 0.352. The predicted molar refractivity (Wildman–Crippen MR) is 43.6 cm³/mol. The molecule has 1 rings (SSSR count). The highest BCUT2D eigenvalue weighted by Gasteiger charge is 2.23. The topological polar surface area (TPSA) is 70.1 Å². The molecule has 6 heteroatoms. The SMILES string of the molecule is COC(=O)N1CCN(C(=O)O)CC1. The van der Waals surface area contributed by atoms with Gasteiger partial charge in [0.2, 0.25) is 0 Å². The monoisotopic (exact) mass is 188 g/mol. The summed E-state index contributed by atoms with van der Waals surface area (Å²) in [6.45, 7) is 1.51. The number of methoxy groups -OCH3 is 1. The van der Waals surface area contributed by atoms with Crippen LogP contribution in [0.15, 0.2) is 0 Å². The first-order chi connectivity index (χ1) is 6.15. The highest BCUT2D eigenvalue weighted by molar-refractivity contribution is 5.69. The number of hydrogen-bond donors (Lipinski definition) is 1. The second-order valence-corrected chi connectivity index (χ2v) is 2.73. The maximum atomic E-state index is 11.0. The molecule has 0 saturated carbocycles. The van der Waals surface area contributed by atoms with E-state index in [1.807, 2.05) is 0 Å². The summed E-state index contributed by atoms with van der Waals surface area (Å²) >= 11 is 0. The fourth-order valence-corrected chi connectivity index (χ4v) is 1.21. The fraction of sp³-hybridized carbons (Fsp3) is 0.714. The van der Waals surface area contributed by atoms with Gasteiger partial charge in [-0.25, -0.2) is 9.59 Å². The summed E-state index contributed by atoms with van der Waals surface area (Å²) < 4.78 is 4.51. The summed E-state index contributed by atoms with van der Waals surface area (Å²) in [7, 11) is 1.31. The molecule has 0 aromatic heterocycles. The summed E-state index contributed by atoms with van der Waals surface area (Å²) in [4.78, 5) is 24.2. The van der Waals surface area contributed by atoms with Crippen LogP contribution in [0, 0.1) is 0 Å². The van der Waals surface area contributed by atoms with Crippen LogP contribution < -0.4 is 0 Å². The minimum Gasteiger partial charge on any atom is -0.465 e. The van der Waals surface area contributed by atoms with Gasteiger partial charge in [-0.05, 0) is 0 Å². The van der Waals surface area contributed by atoms with E-state index in [4.69, 9.17) is 5.11 Å². The molecule has 1 saturated heterocycles. The smallest absolute Gasteiger partial charge is 0.409 e. The van der Waals surface area contributed by atoms with Gasteiger partial charge in [-0.2, -0.15) is 0 Å². The van der Waals surface area contributed by atoms with Crippen molar-refractivity contribution in [1.82, 2.24) is 9.80 Å². The summed E-state index contributed by atoms with van der Waals surface area (Å²) in [5.41, 5.74) is 0. The van der Waals surface area contributed by atoms with E-state index < -0.39 is 12.2 Å². The van der Waals surface area contributed by atoms with Crippen LogP contribution in [-0.2, 0) is 4.74 Å². The van der Waals surface area contributed by atoms with Crippen LogP contribution in [-0.4, -0.2) is 60.4 Å². The van der Waals surface area contributed by atoms with E-state index in [9.17, 15) is 9.59 Å². The Labute approximate surface area is 75.7 Å². The first-order valence-corrected chi connectivity index (χ1v) is 3.96. The molecule has 0 spiro atoms. The highest BCUT2D eigenvalue weighted by atomic mass is 16.5. The van der Waals surface area contributed by atoms with Crippen LogP contribution in [0.25, 0.3) is 0 Å². The third-order valence-electron chi connectivity index (χ3n) is 1.98. The van der Waals surface area contributed by atoms with Crippen molar-refractivity contribution in [2.45, 2.75) is 0 Å². The molecule has 0 bridgehead atoms. The van der Waals surface area contributed by atoms with Gasteiger partial charge in [-0.15, -0.1) is 0 Å². The average Bonchev–Trinajstić information content (AvgIpc) is 2.17. The lowest BCUT2D eigenvalue weighted by Crippen LogP contribution is -2.50. The van der Waals surface area contributed by atoms with E-state index in [2.05, 4.69) is 4.74 Å². The zero-order valence-corrected chi connectivity index (χ0v) is 7.39. The second kappa shape index (κ2) is 3.97. The maximum absolute atomic E-state index is 11.0. The fourth-order valence-electron chi connectivity index (χ4n) is 1.21. The molecule has 1 fully saturated rings. The average molecular weight is 188 g/mol. The molecule has 6 nitrogen and oxygen atoms in total. The molecule has 0 unspecified atom stereocenters. The van der Waals surface area contributed by atoms with E-state index in [1.54, 1.807) is 0 Å². The van der Waals surface area contributed by atoms with E-state index in [-0.39, 0.29) is 0 Å². The van der Waals surface area contributed by atoms with Gasteiger partial charge >= 0.3 is 12.2 Å². The minimum atomic E-state index is -0.940. The van der Waals surface area contributed by atoms with E-state index in [0.29, 0.717) is 26.2 Å². The van der Waals surface area contributed by atoms with Crippen molar-refractivity contribution in [3.05, 3.63) is 0 Å². The zero-order chi connectivity index (χ0) is 9.84. The Kier molecular flexibility index (Phi) is 2.94. The van der Waals surface area contributed by atoms with Gasteiger partial charge in [0.25, 0.3) is 0 Å². The van der Waals surface area contributed by atoms with Gasteiger partial charge in [0.1, 0.15) is 0 Å². The van der Waals surface area contributed by atoms with Gasteiger partial charge in [0.05, 0.1) is 7.11 Å². The summed E-state index contributed by atoms with van der Waals surface area (Å²) in [5.74, 6) is 0. The quantitative estimate of drug-likeness (QED) is 0.583. The first-order valence-electron chi connectivity index (χ1n) is 3.96. The van der Waals surface area contributed by atoms with Crippen LogP contribution in [0.5, 0.6) is 0 Å². The van der Waals surface area contributed by atoms with Crippen molar-refractivity contribution in [3.63, 3.8) is 0 Å². The Balaban J connectivity index is 2.39. The number of hydrogen-bond acceptors (Lipinski definition) is 3. The number of amides is 2. The lowest BCUT2D eigenvalue weighted by molar-refractivity contribution is 0.0844. The summed E-state index contributed by atoms with van der Waals surface area (Å²) in [6, 6.07) is 0.